The Morgan fingerprint density at radius 3 is 1.42 bits per heavy atom. The molecule has 2 unspecified atom stereocenters. The number of ketones is 1. The second kappa shape index (κ2) is 49.7. The van der Waals surface area contributed by atoms with Crippen molar-refractivity contribution in [3.8, 4) is 0 Å². The zero-order valence-corrected chi connectivity index (χ0v) is 50.3. The van der Waals surface area contributed by atoms with Crippen LogP contribution in [0.5, 0.6) is 0 Å². The summed E-state index contributed by atoms with van der Waals surface area (Å²) in [6, 6.07) is -3.50. The predicted molar refractivity (Wildman–Crippen MR) is 309 cm³/mol. The number of nitroso groups, excluding NO2 is 1. The zero-order valence-electron chi connectivity index (χ0n) is 50.3. The van der Waals surface area contributed by atoms with Gasteiger partial charge in [-0.05, 0) is 64.8 Å². The smallest absolute Gasteiger partial charge is 0.332 e. The molecule has 0 aromatic carbocycles. The van der Waals surface area contributed by atoms with E-state index >= 15 is 0 Å². The number of aliphatic carboxylic acids is 5. The largest absolute Gasteiger partial charge is 0.481 e. The summed E-state index contributed by atoms with van der Waals surface area (Å²) < 4.78 is 21.3. The average molecular weight is 1230 g/mol. The fourth-order valence-electron chi connectivity index (χ4n) is 9.25. The van der Waals surface area contributed by atoms with Crippen molar-refractivity contribution in [2.24, 2.45) is 5.92 Å². The summed E-state index contributed by atoms with van der Waals surface area (Å²) in [6.07, 6.45) is 15.1. The summed E-state index contributed by atoms with van der Waals surface area (Å²) in [5.41, 5.74) is 0. The molecule has 1 aliphatic heterocycles. The zero-order chi connectivity index (χ0) is 63.7. The summed E-state index contributed by atoms with van der Waals surface area (Å²) in [4.78, 5) is 145. The lowest BCUT2D eigenvalue weighted by Crippen LogP contribution is -2.50. The number of carbonyl (C=O) groups is 11. The maximum Gasteiger partial charge on any atom is 0.332 e. The van der Waals surface area contributed by atoms with Gasteiger partial charge in [0.05, 0.1) is 57.0 Å². The molecular formula is C57H99N8O21+. The quantitative estimate of drug-likeness (QED) is 0.0237. The van der Waals surface area contributed by atoms with Crippen molar-refractivity contribution in [2.45, 2.75) is 204 Å². The molecule has 1 rings (SSSR count). The molecule has 0 aromatic rings. The molecule has 492 valence electrons. The topological polar surface area (TPSA) is 421 Å². The SMILES string of the molecule is CNC(CCCCNC(=O)CC[C@H](NC(=O)CC[C@H](CC(=O)COCCOCCNC(=O)COCCOCCNC(=O)CC[C@H](NC(=O)CCCCCCCCCCCCCCCCC(=O)O)C(=O)O)C(=O)O)C(=O)O)[N+](=O)N1CCCC1C(=O)O. The van der Waals surface area contributed by atoms with E-state index in [4.69, 9.17) is 24.1 Å². The van der Waals surface area contributed by atoms with Crippen molar-refractivity contribution >= 4 is 65.2 Å². The van der Waals surface area contributed by atoms with Crippen LogP contribution in [0.1, 0.15) is 180 Å². The van der Waals surface area contributed by atoms with Crippen LogP contribution in [-0.2, 0) is 71.7 Å². The van der Waals surface area contributed by atoms with Gasteiger partial charge in [0.2, 0.25) is 29.5 Å². The third-order valence-electron chi connectivity index (χ3n) is 14.1. The molecule has 0 saturated carbocycles. The predicted octanol–water partition coefficient (Wildman–Crippen LogP) is 2.83. The lowest BCUT2D eigenvalue weighted by Gasteiger charge is -2.18. The molecule has 86 heavy (non-hydrogen) atoms. The van der Waals surface area contributed by atoms with Gasteiger partial charge in [0, 0.05) is 64.6 Å². The standard InChI is InChI=1S/C57H98N8O21/c1-58-47(65(82)64-32-18-19-46(64)57(80)81)20-16-17-29-59-48(67)27-24-45(56(78)79)63-51(70)26-23-42(54(74)75)39-43(66)40-85-37-35-84-34-31-61-52(71)41-86-38-36-83-33-30-60-49(68)28-25-44(55(76)77)62-50(69)21-14-12-10-8-6-4-2-3-5-7-9-11-13-15-22-53(72)73/h42,44-47,58H,2-41H2,1H3,(H9-,59,60,61,62,63,67,68,69,70,71,72,73,74,75,76,77,78,79,80,81)/p+1/t42-,44+,45+,46?,47?/m1/s1. The molecule has 0 radical (unpaired) electrons. The molecule has 11 N–H and O–H groups in total. The number of unbranched alkanes of at least 4 members (excludes halogenated alkanes) is 14. The summed E-state index contributed by atoms with van der Waals surface area (Å²) >= 11 is 0. The van der Waals surface area contributed by atoms with Crippen LogP contribution in [0.3, 0.4) is 0 Å². The number of hydrazine groups is 1. The number of ether oxygens (including phenoxy) is 4. The Labute approximate surface area is 503 Å². The molecule has 29 heteroatoms. The molecule has 5 atom stereocenters. The van der Waals surface area contributed by atoms with E-state index < -0.39 is 109 Å². The highest BCUT2D eigenvalue weighted by molar-refractivity contribution is 5.87. The average Bonchev–Trinajstić information content (AvgIpc) is 3.61. The monoisotopic (exact) mass is 1230 g/mol. The van der Waals surface area contributed by atoms with Crippen LogP contribution in [0.15, 0.2) is 0 Å². The second-order valence-electron chi connectivity index (χ2n) is 21.3. The summed E-state index contributed by atoms with van der Waals surface area (Å²) in [5.74, 6) is -9.98. The van der Waals surface area contributed by atoms with Crippen molar-refractivity contribution in [3.63, 3.8) is 0 Å². The Hall–Kier alpha value is -6.43. The van der Waals surface area contributed by atoms with Gasteiger partial charge in [-0.2, -0.15) is 0 Å². The van der Waals surface area contributed by atoms with Gasteiger partial charge in [0.15, 0.2) is 11.8 Å². The molecule has 1 aliphatic rings. The van der Waals surface area contributed by atoms with E-state index in [1.807, 2.05) is 0 Å². The van der Waals surface area contributed by atoms with Crippen LogP contribution < -0.4 is 31.9 Å². The van der Waals surface area contributed by atoms with E-state index in [0.717, 1.165) is 51.4 Å². The summed E-state index contributed by atoms with van der Waals surface area (Å²) in [5, 5.41) is 63.7. The fourth-order valence-corrected chi connectivity index (χ4v) is 9.25. The number of carbonyl (C=O) groups excluding carboxylic acids is 6. The van der Waals surface area contributed by atoms with Gasteiger partial charge in [-0.15, -0.1) is 5.01 Å². The Morgan fingerprint density at radius 2 is 0.930 bits per heavy atom. The van der Waals surface area contributed by atoms with Crippen LogP contribution in [0, 0.1) is 10.8 Å². The number of hydrogen-bond acceptors (Lipinski definition) is 17. The number of carboxylic acids is 5. The first-order valence-corrected chi connectivity index (χ1v) is 30.5. The maximum atomic E-state index is 12.8. The normalized spacial score (nSPS) is 14.3. The van der Waals surface area contributed by atoms with E-state index in [-0.39, 0.29) is 117 Å². The van der Waals surface area contributed by atoms with Gasteiger partial charge < -0.3 is 71.1 Å². The van der Waals surface area contributed by atoms with Crippen molar-refractivity contribution in [1.29, 1.82) is 0 Å². The van der Waals surface area contributed by atoms with Gasteiger partial charge in [-0.3, -0.25) is 43.7 Å². The van der Waals surface area contributed by atoms with E-state index in [1.54, 1.807) is 7.05 Å². The Bertz CT molecular complexity index is 2050. The van der Waals surface area contributed by atoms with Crippen molar-refractivity contribution in [1.82, 2.24) is 36.9 Å². The maximum absolute atomic E-state index is 12.8. The third kappa shape index (κ3) is 40.8. The number of rotatable bonds is 58. The number of carboxylic acid groups (broad SMARTS) is 5. The van der Waals surface area contributed by atoms with Gasteiger partial charge in [-0.1, -0.05) is 77.0 Å². The molecule has 1 fully saturated rings. The molecule has 0 aromatic heterocycles. The summed E-state index contributed by atoms with van der Waals surface area (Å²) in [6.45, 7) is 0.685. The number of Topliss-reactive ketones (excluding diaryl/α,β-unsaturated/α-hetero) is 1. The first kappa shape index (κ1) is 77.6. The number of nitrogens with zero attached hydrogens (tertiary/aromatic N) is 2. The fraction of sp³-hybridized carbons (Fsp3) is 0.807. The van der Waals surface area contributed by atoms with E-state index in [1.165, 1.54) is 37.1 Å². The molecule has 1 saturated heterocycles. The lowest BCUT2D eigenvalue weighted by molar-refractivity contribution is -0.740. The third-order valence-corrected chi connectivity index (χ3v) is 14.1. The van der Waals surface area contributed by atoms with Gasteiger partial charge >= 0.3 is 29.8 Å². The molecule has 0 aliphatic carbocycles. The molecule has 0 spiro atoms. The van der Waals surface area contributed by atoms with Gasteiger partial charge in [-0.25, -0.2) is 14.4 Å². The Balaban J connectivity index is 2.08. The minimum absolute atomic E-state index is 0.0192. The molecule has 0 bridgehead atoms. The van der Waals surface area contributed by atoms with Crippen molar-refractivity contribution in [3.05, 3.63) is 4.91 Å². The van der Waals surface area contributed by atoms with E-state index in [2.05, 4.69) is 31.9 Å². The molecule has 29 nitrogen and oxygen atoms in total. The first-order chi connectivity index (χ1) is 41.2. The highest BCUT2D eigenvalue weighted by atomic mass is 16.5. The minimum Gasteiger partial charge on any atom is -0.481 e. The molecular weight excluding hydrogens is 1130 g/mol. The van der Waals surface area contributed by atoms with Crippen molar-refractivity contribution in [2.75, 3.05) is 86.1 Å². The highest BCUT2D eigenvalue weighted by Crippen LogP contribution is 2.20. The van der Waals surface area contributed by atoms with Crippen LogP contribution in [0.25, 0.3) is 0 Å². The van der Waals surface area contributed by atoms with Gasteiger partial charge in [0.1, 0.15) is 30.2 Å². The van der Waals surface area contributed by atoms with E-state index in [0.29, 0.717) is 49.9 Å². The highest BCUT2D eigenvalue weighted by Gasteiger charge is 2.43. The van der Waals surface area contributed by atoms with Crippen LogP contribution in [0.4, 0.5) is 0 Å². The van der Waals surface area contributed by atoms with Crippen LogP contribution in [0.2, 0.25) is 0 Å². The molecule has 5 amide bonds. The second-order valence-corrected chi connectivity index (χ2v) is 21.3. The Kier molecular flexibility index (Phi) is 44.8. The van der Waals surface area contributed by atoms with Crippen LogP contribution >= 0.6 is 0 Å². The van der Waals surface area contributed by atoms with Gasteiger partial charge in [0.25, 0.3) is 6.17 Å². The van der Waals surface area contributed by atoms with E-state index in [9.17, 15) is 78.1 Å². The minimum atomic E-state index is -1.44. The number of nitrogens with one attached hydrogen (secondary N) is 6. The number of hydrogen-bond donors (Lipinski definition) is 11. The number of amides is 5. The summed E-state index contributed by atoms with van der Waals surface area (Å²) in [7, 11) is 1.59. The first-order valence-electron chi connectivity index (χ1n) is 30.5. The lowest BCUT2D eigenvalue weighted by atomic mass is 9.97. The molecule has 1 heterocycles. The van der Waals surface area contributed by atoms with Crippen LogP contribution in [-0.4, -0.2) is 211 Å². The Morgan fingerprint density at radius 1 is 0.477 bits per heavy atom. The van der Waals surface area contributed by atoms with Crippen molar-refractivity contribution < 1.29 is 102 Å².